The molecule has 0 aliphatic heterocycles. The molecule has 2 aromatic rings. The molecule has 0 aliphatic carbocycles. The normalized spacial score (nSPS) is 11.9. The Morgan fingerprint density at radius 3 is 2.54 bits per heavy atom. The molecule has 0 bridgehead atoms. The Kier molecular flexibility index (Phi) is 7.21. The Morgan fingerprint density at radius 1 is 1.18 bits per heavy atom. The van der Waals surface area contributed by atoms with E-state index in [-0.39, 0.29) is 5.04 Å². The minimum atomic E-state index is -1.74. The van der Waals surface area contributed by atoms with E-state index in [1.54, 1.807) is 18.5 Å². The third-order valence-corrected chi connectivity index (χ3v) is 9.70. The standard InChI is InChI=1S/C21H31N3O3Si/c1-21(2,3)28(4,5)27-13-7-12-23-19-14-16(17-8-6-11-22-15-17)9-10-18(19)24-20(25)26/h6,8-11,14-15,23-24H,7,12-13H2,1-5H3,(H,25,26). The minimum Gasteiger partial charge on any atom is -0.465 e. The number of aromatic nitrogens is 1. The first-order valence-corrected chi connectivity index (χ1v) is 12.4. The van der Waals surface area contributed by atoms with Crippen molar-refractivity contribution in [3.8, 4) is 11.1 Å². The average molecular weight is 402 g/mol. The van der Waals surface area contributed by atoms with Crippen LogP contribution in [-0.4, -0.2) is 37.7 Å². The number of nitrogens with zero attached hydrogens (tertiary/aromatic N) is 1. The second-order valence-corrected chi connectivity index (χ2v) is 13.1. The maximum Gasteiger partial charge on any atom is 0.409 e. The first-order valence-electron chi connectivity index (χ1n) is 9.52. The lowest BCUT2D eigenvalue weighted by Gasteiger charge is -2.36. The van der Waals surface area contributed by atoms with Gasteiger partial charge >= 0.3 is 6.09 Å². The van der Waals surface area contributed by atoms with Gasteiger partial charge < -0.3 is 14.8 Å². The first kappa shape index (κ1) is 21.9. The van der Waals surface area contributed by atoms with Crippen molar-refractivity contribution >= 4 is 25.8 Å². The molecule has 0 radical (unpaired) electrons. The van der Waals surface area contributed by atoms with Gasteiger partial charge in [-0.25, -0.2) is 4.79 Å². The van der Waals surface area contributed by atoms with Crippen LogP contribution in [-0.2, 0) is 4.43 Å². The fourth-order valence-corrected chi connectivity index (χ4v) is 3.55. The maximum atomic E-state index is 11.1. The van der Waals surface area contributed by atoms with Gasteiger partial charge in [-0.15, -0.1) is 0 Å². The van der Waals surface area contributed by atoms with Gasteiger partial charge in [0.1, 0.15) is 0 Å². The Morgan fingerprint density at radius 2 is 1.93 bits per heavy atom. The lowest BCUT2D eigenvalue weighted by atomic mass is 10.1. The van der Waals surface area contributed by atoms with Crippen LogP contribution in [0.15, 0.2) is 42.7 Å². The third-order valence-electron chi connectivity index (χ3n) is 5.16. The topological polar surface area (TPSA) is 83.5 Å². The number of anilines is 2. The van der Waals surface area contributed by atoms with E-state index < -0.39 is 14.4 Å². The first-order chi connectivity index (χ1) is 13.1. The quantitative estimate of drug-likeness (QED) is 0.392. The van der Waals surface area contributed by atoms with Crippen molar-refractivity contribution < 1.29 is 14.3 Å². The molecular formula is C21H31N3O3Si. The third kappa shape index (κ3) is 6.07. The van der Waals surface area contributed by atoms with Crippen molar-refractivity contribution in [3.63, 3.8) is 0 Å². The Labute approximate surface area is 168 Å². The number of hydrogen-bond donors (Lipinski definition) is 3. The lowest BCUT2D eigenvalue weighted by Crippen LogP contribution is -2.41. The molecule has 152 valence electrons. The maximum absolute atomic E-state index is 11.1. The summed E-state index contributed by atoms with van der Waals surface area (Å²) < 4.78 is 6.20. The van der Waals surface area contributed by atoms with Gasteiger partial charge in [-0.1, -0.05) is 32.9 Å². The van der Waals surface area contributed by atoms with Crippen molar-refractivity contribution in [2.75, 3.05) is 23.8 Å². The molecule has 1 amide bonds. The number of nitrogens with one attached hydrogen (secondary N) is 2. The molecule has 7 heteroatoms. The summed E-state index contributed by atoms with van der Waals surface area (Å²) in [7, 11) is -1.74. The Balaban J connectivity index is 2.03. The number of amides is 1. The van der Waals surface area contributed by atoms with Crippen LogP contribution in [0.2, 0.25) is 18.1 Å². The number of pyridine rings is 1. The molecule has 1 aromatic heterocycles. The van der Waals surface area contributed by atoms with Gasteiger partial charge in [-0.3, -0.25) is 10.3 Å². The molecule has 1 heterocycles. The number of carboxylic acid groups (broad SMARTS) is 1. The molecule has 0 saturated carbocycles. The molecule has 0 unspecified atom stereocenters. The summed E-state index contributed by atoms with van der Waals surface area (Å²) in [6.45, 7) is 12.5. The highest BCUT2D eigenvalue weighted by Gasteiger charge is 2.36. The number of rotatable bonds is 8. The predicted octanol–water partition coefficient (Wildman–Crippen LogP) is 5.66. The number of hydrogen-bond acceptors (Lipinski definition) is 4. The van der Waals surface area contributed by atoms with E-state index in [0.29, 0.717) is 18.8 Å². The second-order valence-electron chi connectivity index (χ2n) is 8.32. The van der Waals surface area contributed by atoms with Crippen LogP contribution in [0.5, 0.6) is 0 Å². The average Bonchev–Trinajstić information content (AvgIpc) is 2.62. The van der Waals surface area contributed by atoms with Crippen molar-refractivity contribution in [2.24, 2.45) is 0 Å². The zero-order valence-corrected chi connectivity index (χ0v) is 18.4. The second kappa shape index (κ2) is 9.21. The van der Waals surface area contributed by atoms with Crippen LogP contribution >= 0.6 is 0 Å². The fourth-order valence-electron chi connectivity index (χ4n) is 2.47. The van der Waals surface area contributed by atoms with E-state index in [4.69, 9.17) is 9.53 Å². The molecule has 28 heavy (non-hydrogen) atoms. The molecule has 0 spiro atoms. The monoisotopic (exact) mass is 401 g/mol. The smallest absolute Gasteiger partial charge is 0.409 e. The van der Waals surface area contributed by atoms with Gasteiger partial charge in [0, 0.05) is 31.1 Å². The van der Waals surface area contributed by atoms with Crippen LogP contribution in [0.3, 0.4) is 0 Å². The molecular weight excluding hydrogens is 370 g/mol. The van der Waals surface area contributed by atoms with Gasteiger partial charge in [-0.05, 0) is 48.3 Å². The highest BCUT2D eigenvalue weighted by molar-refractivity contribution is 6.74. The predicted molar refractivity (Wildman–Crippen MR) is 118 cm³/mol. The van der Waals surface area contributed by atoms with E-state index in [1.165, 1.54) is 0 Å². The van der Waals surface area contributed by atoms with Crippen LogP contribution < -0.4 is 10.6 Å². The van der Waals surface area contributed by atoms with Crippen molar-refractivity contribution in [1.82, 2.24) is 4.98 Å². The summed E-state index contributed by atoms with van der Waals surface area (Å²) in [5.74, 6) is 0. The molecule has 0 saturated heterocycles. The van der Waals surface area contributed by atoms with Crippen molar-refractivity contribution in [2.45, 2.75) is 45.3 Å². The van der Waals surface area contributed by atoms with E-state index in [1.807, 2.05) is 24.3 Å². The van der Waals surface area contributed by atoms with Gasteiger partial charge in [0.25, 0.3) is 0 Å². The number of carbonyl (C=O) groups is 1. The number of benzene rings is 1. The van der Waals surface area contributed by atoms with Crippen LogP contribution in [0.4, 0.5) is 16.2 Å². The van der Waals surface area contributed by atoms with Gasteiger partial charge in [0.15, 0.2) is 8.32 Å². The summed E-state index contributed by atoms with van der Waals surface area (Å²) in [6.07, 6.45) is 3.27. The zero-order valence-electron chi connectivity index (χ0n) is 17.4. The van der Waals surface area contributed by atoms with Crippen LogP contribution in [0.1, 0.15) is 27.2 Å². The minimum absolute atomic E-state index is 0.192. The van der Waals surface area contributed by atoms with Gasteiger partial charge in [0.2, 0.25) is 0 Å². The largest absolute Gasteiger partial charge is 0.465 e. The molecule has 2 rings (SSSR count). The zero-order chi connectivity index (χ0) is 20.8. The molecule has 0 atom stereocenters. The summed E-state index contributed by atoms with van der Waals surface area (Å²) in [4.78, 5) is 15.2. The molecule has 1 aromatic carbocycles. The SMILES string of the molecule is CC(C)(C)[Si](C)(C)OCCCNc1cc(-c2cccnc2)ccc1NC(=O)O. The lowest BCUT2D eigenvalue weighted by molar-refractivity contribution is 0.210. The van der Waals surface area contributed by atoms with Gasteiger partial charge in [-0.2, -0.15) is 0 Å². The molecule has 3 N–H and O–H groups in total. The van der Waals surface area contributed by atoms with E-state index in [2.05, 4.69) is 49.5 Å². The Bertz CT molecular complexity index is 789. The molecule has 0 fully saturated rings. The summed E-state index contributed by atoms with van der Waals surface area (Å²) in [5.41, 5.74) is 3.24. The summed E-state index contributed by atoms with van der Waals surface area (Å²) in [6, 6.07) is 9.45. The molecule has 0 aliphatic rings. The van der Waals surface area contributed by atoms with Gasteiger partial charge in [0.05, 0.1) is 11.4 Å². The van der Waals surface area contributed by atoms with E-state index in [9.17, 15) is 4.79 Å². The Hall–Kier alpha value is -2.38. The van der Waals surface area contributed by atoms with Crippen LogP contribution in [0.25, 0.3) is 11.1 Å². The highest BCUT2D eigenvalue weighted by Crippen LogP contribution is 2.36. The summed E-state index contributed by atoms with van der Waals surface area (Å²) >= 11 is 0. The fraction of sp³-hybridized carbons (Fsp3) is 0.429. The van der Waals surface area contributed by atoms with E-state index >= 15 is 0 Å². The molecule has 6 nitrogen and oxygen atoms in total. The summed E-state index contributed by atoms with van der Waals surface area (Å²) in [5, 5.41) is 15.1. The van der Waals surface area contributed by atoms with Crippen molar-refractivity contribution in [3.05, 3.63) is 42.7 Å². The highest BCUT2D eigenvalue weighted by atomic mass is 28.4. The van der Waals surface area contributed by atoms with Crippen LogP contribution in [0, 0.1) is 0 Å². The van der Waals surface area contributed by atoms with Crippen molar-refractivity contribution in [1.29, 1.82) is 0 Å². The van der Waals surface area contributed by atoms with E-state index in [0.717, 1.165) is 23.2 Å².